The van der Waals surface area contributed by atoms with Crippen molar-refractivity contribution in [3.63, 3.8) is 0 Å². The molecule has 1 aromatic carbocycles. The molecular formula is C17H24O2. The summed E-state index contributed by atoms with van der Waals surface area (Å²) in [6.07, 6.45) is 6.06. The number of ether oxygens (including phenoxy) is 2. The lowest BCUT2D eigenvalue weighted by atomic mass is 10.1. The summed E-state index contributed by atoms with van der Waals surface area (Å²) in [7, 11) is 0. The summed E-state index contributed by atoms with van der Waals surface area (Å²) in [4.78, 5) is 0. The van der Waals surface area contributed by atoms with E-state index in [2.05, 4.69) is 13.5 Å². The van der Waals surface area contributed by atoms with E-state index in [-0.39, 0.29) is 6.29 Å². The highest BCUT2D eigenvalue weighted by Crippen LogP contribution is 2.25. The summed E-state index contributed by atoms with van der Waals surface area (Å²) in [5.41, 5.74) is 2.22. The van der Waals surface area contributed by atoms with Crippen LogP contribution in [-0.4, -0.2) is 12.4 Å². The van der Waals surface area contributed by atoms with Crippen LogP contribution in [0.1, 0.15) is 51.5 Å². The monoisotopic (exact) mass is 260 g/mol. The third kappa shape index (κ3) is 4.10. The summed E-state index contributed by atoms with van der Waals surface area (Å²) >= 11 is 0. The van der Waals surface area contributed by atoms with Crippen molar-refractivity contribution in [2.24, 2.45) is 0 Å². The molecule has 104 valence electrons. The maximum absolute atomic E-state index is 6.00. The quantitative estimate of drug-likeness (QED) is 0.684. The second-order valence-electron chi connectivity index (χ2n) is 5.30. The fourth-order valence-corrected chi connectivity index (χ4v) is 2.42. The Labute approximate surface area is 116 Å². The van der Waals surface area contributed by atoms with Gasteiger partial charge in [0.25, 0.3) is 0 Å². The summed E-state index contributed by atoms with van der Waals surface area (Å²) in [5.74, 6) is 0.870. The molecule has 1 fully saturated rings. The molecule has 0 radical (unpaired) electrons. The van der Waals surface area contributed by atoms with Crippen LogP contribution in [0.2, 0.25) is 0 Å². The molecule has 1 unspecified atom stereocenters. The first kappa shape index (κ1) is 14.1. The van der Waals surface area contributed by atoms with Crippen molar-refractivity contribution in [1.29, 1.82) is 0 Å². The number of benzene rings is 1. The fraction of sp³-hybridized carbons (Fsp3) is 0.529. The molecule has 1 atom stereocenters. The first-order valence-electron chi connectivity index (χ1n) is 7.27. The van der Waals surface area contributed by atoms with E-state index < -0.39 is 0 Å². The van der Waals surface area contributed by atoms with Gasteiger partial charge in [0.2, 0.25) is 0 Å². The molecule has 2 rings (SSSR count). The minimum Gasteiger partial charge on any atom is -0.465 e. The maximum Gasteiger partial charge on any atom is 0.199 e. The fourth-order valence-electron chi connectivity index (χ4n) is 2.42. The third-order valence-electron chi connectivity index (χ3n) is 3.59. The molecule has 0 bridgehead atoms. The van der Waals surface area contributed by atoms with Crippen molar-refractivity contribution >= 4 is 5.57 Å². The lowest BCUT2D eigenvalue weighted by Gasteiger charge is -2.22. The lowest BCUT2D eigenvalue weighted by molar-refractivity contribution is -0.117. The molecule has 0 N–H and O–H groups in total. The van der Waals surface area contributed by atoms with Gasteiger partial charge in [-0.2, -0.15) is 0 Å². The third-order valence-corrected chi connectivity index (χ3v) is 3.59. The number of allylic oxidation sites excluding steroid dienone is 1. The summed E-state index contributed by atoms with van der Waals surface area (Å²) < 4.78 is 11.9. The van der Waals surface area contributed by atoms with E-state index in [1.807, 2.05) is 31.2 Å². The van der Waals surface area contributed by atoms with Gasteiger partial charge in [0, 0.05) is 6.42 Å². The van der Waals surface area contributed by atoms with Crippen LogP contribution < -0.4 is 4.74 Å². The Bertz CT molecular complexity index is 402. The molecule has 0 saturated heterocycles. The minimum atomic E-state index is -0.126. The molecule has 1 saturated carbocycles. The molecule has 1 aliphatic rings. The van der Waals surface area contributed by atoms with Crippen LogP contribution in [0.4, 0.5) is 0 Å². The SMILES string of the molecule is C=C(C)c1ccc(OC(CC)OC2CCCC2)cc1. The van der Waals surface area contributed by atoms with Crippen molar-refractivity contribution in [1.82, 2.24) is 0 Å². The largest absolute Gasteiger partial charge is 0.465 e. The first-order valence-corrected chi connectivity index (χ1v) is 7.27. The molecule has 0 aliphatic heterocycles. The van der Waals surface area contributed by atoms with E-state index in [0.717, 1.165) is 23.3 Å². The van der Waals surface area contributed by atoms with Gasteiger partial charge in [-0.25, -0.2) is 0 Å². The van der Waals surface area contributed by atoms with Crippen molar-refractivity contribution in [2.45, 2.75) is 58.3 Å². The van der Waals surface area contributed by atoms with Crippen LogP contribution in [0.5, 0.6) is 5.75 Å². The molecule has 0 heterocycles. The Kier molecular flexibility index (Phi) is 5.03. The van der Waals surface area contributed by atoms with Crippen molar-refractivity contribution in [3.05, 3.63) is 36.4 Å². The van der Waals surface area contributed by atoms with Crippen molar-refractivity contribution in [3.8, 4) is 5.75 Å². The molecule has 1 aliphatic carbocycles. The van der Waals surface area contributed by atoms with Crippen molar-refractivity contribution in [2.75, 3.05) is 0 Å². The highest BCUT2D eigenvalue weighted by Gasteiger charge is 2.20. The van der Waals surface area contributed by atoms with Gasteiger partial charge in [-0.1, -0.05) is 44.1 Å². The van der Waals surface area contributed by atoms with E-state index in [1.54, 1.807) is 0 Å². The number of rotatable bonds is 6. The zero-order valence-electron chi connectivity index (χ0n) is 12.0. The lowest BCUT2D eigenvalue weighted by Crippen LogP contribution is -2.24. The van der Waals surface area contributed by atoms with Crippen LogP contribution in [0.15, 0.2) is 30.8 Å². The van der Waals surface area contributed by atoms with Crippen LogP contribution in [0, 0.1) is 0 Å². The zero-order valence-corrected chi connectivity index (χ0v) is 12.0. The van der Waals surface area contributed by atoms with Crippen LogP contribution in [-0.2, 0) is 4.74 Å². The zero-order chi connectivity index (χ0) is 13.7. The molecule has 0 amide bonds. The molecule has 2 nitrogen and oxygen atoms in total. The molecule has 19 heavy (non-hydrogen) atoms. The second-order valence-corrected chi connectivity index (χ2v) is 5.30. The van der Waals surface area contributed by atoms with E-state index in [9.17, 15) is 0 Å². The van der Waals surface area contributed by atoms with E-state index in [4.69, 9.17) is 9.47 Å². The topological polar surface area (TPSA) is 18.5 Å². The smallest absolute Gasteiger partial charge is 0.199 e. The Balaban J connectivity index is 1.91. The summed E-state index contributed by atoms with van der Waals surface area (Å²) in [6, 6.07) is 8.06. The normalized spacial score (nSPS) is 17.4. The molecular weight excluding hydrogens is 236 g/mol. The highest BCUT2D eigenvalue weighted by atomic mass is 16.7. The van der Waals surface area contributed by atoms with Gasteiger partial charge in [-0.3, -0.25) is 0 Å². The van der Waals surface area contributed by atoms with Gasteiger partial charge in [0.05, 0.1) is 6.10 Å². The average Bonchev–Trinajstić information content (AvgIpc) is 2.91. The van der Waals surface area contributed by atoms with Gasteiger partial charge in [0.1, 0.15) is 5.75 Å². The molecule has 1 aromatic rings. The van der Waals surface area contributed by atoms with Crippen molar-refractivity contribution < 1.29 is 9.47 Å². The molecule has 0 spiro atoms. The Morgan fingerprint density at radius 3 is 2.42 bits per heavy atom. The van der Waals surface area contributed by atoms with E-state index in [0.29, 0.717) is 6.10 Å². The predicted molar refractivity (Wildman–Crippen MR) is 79.2 cm³/mol. The van der Waals surface area contributed by atoms with E-state index >= 15 is 0 Å². The Morgan fingerprint density at radius 1 is 1.26 bits per heavy atom. The van der Waals surface area contributed by atoms with Crippen LogP contribution >= 0.6 is 0 Å². The predicted octanol–water partition coefficient (Wildman–Crippen LogP) is 4.79. The van der Waals surface area contributed by atoms with Gasteiger partial charge >= 0.3 is 0 Å². The van der Waals surface area contributed by atoms with Crippen LogP contribution in [0.3, 0.4) is 0 Å². The maximum atomic E-state index is 6.00. The summed E-state index contributed by atoms with van der Waals surface area (Å²) in [5, 5.41) is 0. The molecule has 0 aromatic heterocycles. The minimum absolute atomic E-state index is 0.126. The average molecular weight is 260 g/mol. The Hall–Kier alpha value is -1.28. The first-order chi connectivity index (χ1) is 9.19. The van der Waals surface area contributed by atoms with E-state index in [1.165, 1.54) is 25.7 Å². The highest BCUT2D eigenvalue weighted by molar-refractivity contribution is 5.61. The number of hydrogen-bond donors (Lipinski definition) is 0. The molecule has 2 heteroatoms. The second kappa shape index (κ2) is 6.76. The number of hydrogen-bond acceptors (Lipinski definition) is 2. The van der Waals surface area contributed by atoms with Gasteiger partial charge < -0.3 is 9.47 Å². The van der Waals surface area contributed by atoms with Gasteiger partial charge in [-0.05, 0) is 37.5 Å². The van der Waals surface area contributed by atoms with Crippen LogP contribution in [0.25, 0.3) is 5.57 Å². The standard InChI is InChI=1S/C17H24O2/c1-4-17(18-15-7-5-6-8-15)19-16-11-9-14(10-12-16)13(2)3/h9-12,15,17H,2,4-8H2,1,3H3. The van der Waals surface area contributed by atoms with Gasteiger partial charge in [0.15, 0.2) is 6.29 Å². The Morgan fingerprint density at radius 2 is 1.89 bits per heavy atom. The summed E-state index contributed by atoms with van der Waals surface area (Å²) in [6.45, 7) is 8.04. The van der Waals surface area contributed by atoms with Gasteiger partial charge in [-0.15, -0.1) is 0 Å².